The van der Waals surface area contributed by atoms with Gasteiger partial charge in [0.1, 0.15) is 11.6 Å². The van der Waals surface area contributed by atoms with E-state index in [0.717, 1.165) is 11.4 Å². The van der Waals surface area contributed by atoms with Crippen molar-refractivity contribution in [3.8, 4) is 17.6 Å². The monoisotopic (exact) mass is 339 g/mol. The average molecular weight is 339 g/mol. The van der Waals surface area contributed by atoms with Gasteiger partial charge in [0.15, 0.2) is 11.5 Å². The van der Waals surface area contributed by atoms with Gasteiger partial charge in [-0.2, -0.15) is 5.26 Å². The molecule has 1 heterocycles. The number of hydrogen-bond acceptors (Lipinski definition) is 4. The van der Waals surface area contributed by atoms with Crippen molar-refractivity contribution in [2.24, 2.45) is 0 Å². The quantitative estimate of drug-likeness (QED) is 0.648. The minimum atomic E-state index is -0.473. The molecule has 1 amide bonds. The predicted octanol–water partition coefficient (Wildman–Crippen LogP) is 3.19. The number of nitrogens with one attached hydrogen (secondary N) is 1. The first-order chi connectivity index (χ1) is 12.0. The molecule has 0 aliphatic carbocycles. The van der Waals surface area contributed by atoms with Gasteiger partial charge in [-0.15, -0.1) is 0 Å². The lowest BCUT2D eigenvalue weighted by Gasteiger charge is -2.11. The zero-order chi connectivity index (χ0) is 18.4. The maximum absolute atomic E-state index is 12.4. The summed E-state index contributed by atoms with van der Waals surface area (Å²) in [6.45, 7) is 6.11. The number of methoxy groups -OCH3 is 1. The fraction of sp³-hybridized carbons (Fsp3) is 0.263. The predicted molar refractivity (Wildman–Crippen MR) is 96.0 cm³/mol. The number of aromatic nitrogens is 1. The van der Waals surface area contributed by atoms with Crippen molar-refractivity contribution < 1.29 is 14.3 Å². The standard InChI is InChI=1S/C19H21N3O3/c1-5-25-18-11-15(8-9-17(18)24-4)10-16(12-20)19(23)21-22-13(2)6-7-14(22)3/h6-11H,5H2,1-4H3,(H,21,23)/b16-10-. The van der Waals surface area contributed by atoms with Gasteiger partial charge in [0.05, 0.1) is 13.7 Å². The number of nitrogens with zero attached hydrogens (tertiary/aromatic N) is 2. The highest BCUT2D eigenvalue weighted by Crippen LogP contribution is 2.28. The smallest absolute Gasteiger partial charge is 0.280 e. The zero-order valence-electron chi connectivity index (χ0n) is 14.8. The van der Waals surface area contributed by atoms with Gasteiger partial charge in [-0.05, 0) is 56.7 Å². The summed E-state index contributed by atoms with van der Waals surface area (Å²) in [4.78, 5) is 12.4. The molecular formula is C19H21N3O3. The highest BCUT2D eigenvalue weighted by atomic mass is 16.5. The van der Waals surface area contributed by atoms with Crippen LogP contribution in [0.25, 0.3) is 6.08 Å². The second-order valence-corrected chi connectivity index (χ2v) is 5.41. The van der Waals surface area contributed by atoms with E-state index in [2.05, 4.69) is 5.43 Å². The Morgan fingerprint density at radius 3 is 2.48 bits per heavy atom. The van der Waals surface area contributed by atoms with Crippen molar-refractivity contribution in [3.63, 3.8) is 0 Å². The maximum Gasteiger partial charge on any atom is 0.280 e. The van der Waals surface area contributed by atoms with E-state index in [1.807, 2.05) is 39.0 Å². The molecule has 0 aliphatic rings. The van der Waals surface area contributed by atoms with Crippen LogP contribution in [0, 0.1) is 25.2 Å². The van der Waals surface area contributed by atoms with Gasteiger partial charge in [-0.3, -0.25) is 14.9 Å². The Morgan fingerprint density at radius 1 is 1.24 bits per heavy atom. The minimum Gasteiger partial charge on any atom is -0.493 e. The van der Waals surface area contributed by atoms with Crippen molar-refractivity contribution in [2.75, 3.05) is 19.1 Å². The summed E-state index contributed by atoms with van der Waals surface area (Å²) in [5.74, 6) is 0.688. The van der Waals surface area contributed by atoms with Crippen molar-refractivity contribution >= 4 is 12.0 Å². The van der Waals surface area contributed by atoms with Crippen LogP contribution in [-0.4, -0.2) is 24.3 Å². The second kappa shape index (κ2) is 8.06. The SMILES string of the molecule is CCOc1cc(/C=C(/C#N)C(=O)Nn2c(C)ccc2C)ccc1OC. The summed E-state index contributed by atoms with van der Waals surface area (Å²) in [5.41, 5.74) is 5.16. The first-order valence-corrected chi connectivity index (χ1v) is 7.89. The molecule has 1 aromatic heterocycles. The topological polar surface area (TPSA) is 76.3 Å². The molecule has 0 bridgehead atoms. The molecule has 0 saturated heterocycles. The molecule has 25 heavy (non-hydrogen) atoms. The fourth-order valence-corrected chi connectivity index (χ4v) is 2.37. The Bertz CT molecular complexity index is 825. The van der Waals surface area contributed by atoms with Crippen LogP contribution in [-0.2, 0) is 4.79 Å². The van der Waals surface area contributed by atoms with Crippen LogP contribution in [0.3, 0.4) is 0 Å². The average Bonchev–Trinajstić information content (AvgIpc) is 2.92. The summed E-state index contributed by atoms with van der Waals surface area (Å²) in [6.07, 6.45) is 1.52. The van der Waals surface area contributed by atoms with Crippen molar-refractivity contribution in [3.05, 3.63) is 52.9 Å². The molecule has 0 aliphatic heterocycles. The number of benzene rings is 1. The van der Waals surface area contributed by atoms with E-state index in [1.54, 1.807) is 30.0 Å². The lowest BCUT2D eigenvalue weighted by atomic mass is 10.1. The lowest BCUT2D eigenvalue weighted by Crippen LogP contribution is -2.25. The van der Waals surface area contributed by atoms with Gasteiger partial charge in [0.25, 0.3) is 5.91 Å². The second-order valence-electron chi connectivity index (χ2n) is 5.41. The van der Waals surface area contributed by atoms with Crippen LogP contribution in [0.4, 0.5) is 0 Å². The van der Waals surface area contributed by atoms with E-state index in [1.165, 1.54) is 6.08 Å². The van der Waals surface area contributed by atoms with Gasteiger partial charge in [0.2, 0.25) is 0 Å². The molecule has 1 N–H and O–H groups in total. The molecule has 0 atom stereocenters. The van der Waals surface area contributed by atoms with E-state index in [9.17, 15) is 10.1 Å². The Morgan fingerprint density at radius 2 is 1.92 bits per heavy atom. The Kier molecular flexibility index (Phi) is 5.85. The molecule has 0 unspecified atom stereocenters. The molecule has 2 rings (SSSR count). The molecule has 6 nitrogen and oxygen atoms in total. The first kappa shape index (κ1) is 18.1. The number of hydrogen-bond donors (Lipinski definition) is 1. The van der Waals surface area contributed by atoms with Crippen LogP contribution >= 0.6 is 0 Å². The first-order valence-electron chi connectivity index (χ1n) is 7.89. The Balaban J connectivity index is 2.29. The fourth-order valence-electron chi connectivity index (χ4n) is 2.37. The third kappa shape index (κ3) is 4.21. The van der Waals surface area contributed by atoms with Gasteiger partial charge in [0, 0.05) is 11.4 Å². The molecule has 130 valence electrons. The van der Waals surface area contributed by atoms with Crippen LogP contribution < -0.4 is 14.9 Å². The van der Waals surface area contributed by atoms with E-state index in [0.29, 0.717) is 23.7 Å². The summed E-state index contributed by atoms with van der Waals surface area (Å²) >= 11 is 0. The molecular weight excluding hydrogens is 318 g/mol. The highest BCUT2D eigenvalue weighted by Gasteiger charge is 2.12. The molecule has 1 aromatic carbocycles. The lowest BCUT2D eigenvalue weighted by molar-refractivity contribution is -0.113. The largest absolute Gasteiger partial charge is 0.493 e. The van der Waals surface area contributed by atoms with Crippen molar-refractivity contribution in [1.82, 2.24) is 4.68 Å². The summed E-state index contributed by atoms with van der Waals surface area (Å²) < 4.78 is 12.4. The number of ether oxygens (including phenoxy) is 2. The van der Waals surface area contributed by atoms with Crippen LogP contribution in [0.2, 0.25) is 0 Å². The summed E-state index contributed by atoms with van der Waals surface area (Å²) in [6, 6.07) is 11.0. The van der Waals surface area contributed by atoms with E-state index in [-0.39, 0.29) is 5.57 Å². The van der Waals surface area contributed by atoms with Crippen LogP contribution in [0.15, 0.2) is 35.9 Å². The van der Waals surface area contributed by atoms with Gasteiger partial charge in [-0.1, -0.05) is 6.07 Å². The number of carbonyl (C=O) groups excluding carboxylic acids is 1. The van der Waals surface area contributed by atoms with Crippen molar-refractivity contribution in [2.45, 2.75) is 20.8 Å². The minimum absolute atomic E-state index is 0.000107. The van der Waals surface area contributed by atoms with E-state index >= 15 is 0 Å². The number of aryl methyl sites for hydroxylation is 2. The Hall–Kier alpha value is -3.20. The van der Waals surface area contributed by atoms with Crippen molar-refractivity contribution in [1.29, 1.82) is 5.26 Å². The number of rotatable bonds is 6. The normalized spacial score (nSPS) is 10.9. The number of amides is 1. The zero-order valence-corrected chi connectivity index (χ0v) is 14.8. The third-order valence-corrected chi connectivity index (χ3v) is 3.65. The molecule has 0 fully saturated rings. The van der Waals surface area contributed by atoms with E-state index in [4.69, 9.17) is 9.47 Å². The van der Waals surface area contributed by atoms with Crippen LogP contribution in [0.5, 0.6) is 11.5 Å². The molecule has 2 aromatic rings. The van der Waals surface area contributed by atoms with Gasteiger partial charge < -0.3 is 9.47 Å². The molecule has 0 saturated carbocycles. The summed E-state index contributed by atoms with van der Waals surface area (Å²) in [7, 11) is 1.56. The third-order valence-electron chi connectivity index (χ3n) is 3.65. The molecule has 0 spiro atoms. The molecule has 6 heteroatoms. The molecule has 0 radical (unpaired) electrons. The maximum atomic E-state index is 12.4. The van der Waals surface area contributed by atoms with Crippen LogP contribution in [0.1, 0.15) is 23.9 Å². The number of nitriles is 1. The number of carbonyl (C=O) groups is 1. The summed E-state index contributed by atoms with van der Waals surface area (Å²) in [5, 5.41) is 9.35. The van der Waals surface area contributed by atoms with E-state index < -0.39 is 5.91 Å². The highest BCUT2D eigenvalue weighted by molar-refractivity contribution is 6.06. The van der Waals surface area contributed by atoms with Gasteiger partial charge >= 0.3 is 0 Å². The Labute approximate surface area is 147 Å². The van der Waals surface area contributed by atoms with Gasteiger partial charge in [-0.25, -0.2) is 0 Å².